The first-order valence-corrected chi connectivity index (χ1v) is 16.8. The van der Waals surface area contributed by atoms with Crippen molar-refractivity contribution in [3.05, 3.63) is 103 Å². The highest BCUT2D eigenvalue weighted by molar-refractivity contribution is 7.92. The lowest BCUT2D eigenvalue weighted by atomic mass is 9.91. The second kappa shape index (κ2) is 12.1. The molecule has 0 saturated carbocycles. The first-order chi connectivity index (χ1) is 21.9. The number of benzene rings is 5. The highest BCUT2D eigenvalue weighted by atomic mass is 32.2. The summed E-state index contributed by atoms with van der Waals surface area (Å²) >= 11 is 0. The molecule has 2 amide bonds. The third-order valence-electron chi connectivity index (χ3n) is 8.12. The molecule has 0 aromatic heterocycles. The van der Waals surface area contributed by atoms with Crippen LogP contribution >= 0.6 is 0 Å². The summed E-state index contributed by atoms with van der Waals surface area (Å²) in [5.41, 5.74) is 2.45. The minimum absolute atomic E-state index is 0.145. The summed E-state index contributed by atoms with van der Waals surface area (Å²) in [6.45, 7) is 7.72. The predicted molar refractivity (Wildman–Crippen MR) is 183 cm³/mol. The number of sulfonamides is 1. The average Bonchev–Trinajstić information content (AvgIpc) is 3.51. The number of amides is 2. The van der Waals surface area contributed by atoms with Crippen LogP contribution in [-0.2, 0) is 19.6 Å². The van der Waals surface area contributed by atoms with Crippen molar-refractivity contribution in [1.82, 2.24) is 4.90 Å². The third-order valence-corrected chi connectivity index (χ3v) is 9.51. The Labute approximate surface area is 269 Å². The molecule has 8 nitrogen and oxygen atoms in total. The van der Waals surface area contributed by atoms with E-state index in [9.17, 15) is 18.0 Å². The second-order valence-electron chi connectivity index (χ2n) is 12.7. The summed E-state index contributed by atoms with van der Waals surface area (Å²) in [6, 6.07) is 28.9. The van der Waals surface area contributed by atoms with E-state index in [-0.39, 0.29) is 10.8 Å². The zero-order chi connectivity index (χ0) is 32.6. The van der Waals surface area contributed by atoms with Gasteiger partial charge in [0.05, 0.1) is 10.6 Å². The molecule has 0 bridgehead atoms. The fourth-order valence-electron chi connectivity index (χ4n) is 5.99. The molecule has 1 heterocycles. The van der Waals surface area contributed by atoms with Gasteiger partial charge < -0.3 is 10.1 Å². The summed E-state index contributed by atoms with van der Waals surface area (Å²) in [7, 11) is -3.96. The molecule has 236 valence electrons. The summed E-state index contributed by atoms with van der Waals surface area (Å²) in [5.74, 6) is -0.332. The van der Waals surface area contributed by atoms with Crippen molar-refractivity contribution in [2.45, 2.75) is 57.1 Å². The molecule has 5 aromatic rings. The second-order valence-corrected chi connectivity index (χ2v) is 14.3. The Morgan fingerprint density at radius 1 is 0.783 bits per heavy atom. The van der Waals surface area contributed by atoms with Gasteiger partial charge in [0.2, 0.25) is 5.91 Å². The minimum Gasteiger partial charge on any atom is -0.444 e. The van der Waals surface area contributed by atoms with Gasteiger partial charge in [-0.1, -0.05) is 78.4 Å². The lowest BCUT2D eigenvalue weighted by molar-refractivity contribution is -0.120. The van der Waals surface area contributed by atoms with Gasteiger partial charge in [-0.25, -0.2) is 13.2 Å². The van der Waals surface area contributed by atoms with Crippen molar-refractivity contribution in [3.8, 4) is 11.1 Å². The number of rotatable bonds is 6. The van der Waals surface area contributed by atoms with Crippen LogP contribution in [0.3, 0.4) is 0 Å². The van der Waals surface area contributed by atoms with Gasteiger partial charge in [0.1, 0.15) is 11.6 Å². The van der Waals surface area contributed by atoms with E-state index in [2.05, 4.69) is 10.0 Å². The maximum atomic E-state index is 13.9. The van der Waals surface area contributed by atoms with E-state index >= 15 is 0 Å². The fourth-order valence-corrected chi connectivity index (χ4v) is 7.06. The Kier molecular flexibility index (Phi) is 8.20. The standard InChI is InChI=1S/C37H37N3O5S/c1-24-15-19-27(20-16-24)46(43,44)39-31-22-18-26-11-6-8-13-29(26)34(31)33-28-12-7-5-10-25(28)17-21-30(33)38-35(41)32-14-9-23-40(32)36(42)45-37(2,3)4/h5-8,10-13,15-22,32,39H,9,14,23H2,1-4H3,(H,38,41)/t32-/m0/s1. The topological polar surface area (TPSA) is 105 Å². The van der Waals surface area contributed by atoms with E-state index in [1.165, 1.54) is 4.90 Å². The van der Waals surface area contributed by atoms with E-state index < -0.39 is 27.8 Å². The van der Waals surface area contributed by atoms with Gasteiger partial charge in [0.25, 0.3) is 10.0 Å². The van der Waals surface area contributed by atoms with Crippen LogP contribution in [0.1, 0.15) is 39.2 Å². The van der Waals surface area contributed by atoms with Crippen LogP contribution in [0.4, 0.5) is 16.2 Å². The Morgan fingerprint density at radius 2 is 1.35 bits per heavy atom. The number of nitrogens with one attached hydrogen (secondary N) is 2. The van der Waals surface area contributed by atoms with Gasteiger partial charge in [0, 0.05) is 23.4 Å². The third kappa shape index (κ3) is 6.28. The normalized spacial score (nSPS) is 15.2. The lowest BCUT2D eigenvalue weighted by Gasteiger charge is -2.28. The number of hydrogen-bond donors (Lipinski definition) is 2. The van der Waals surface area contributed by atoms with E-state index in [4.69, 9.17) is 4.74 Å². The van der Waals surface area contributed by atoms with Crippen molar-refractivity contribution in [2.24, 2.45) is 0 Å². The molecule has 1 aliphatic rings. The van der Waals surface area contributed by atoms with Crippen molar-refractivity contribution < 1.29 is 22.7 Å². The monoisotopic (exact) mass is 635 g/mol. The number of carbonyl (C=O) groups excluding carboxylic acids is 2. The van der Waals surface area contributed by atoms with E-state index in [1.54, 1.807) is 51.1 Å². The number of hydrogen-bond acceptors (Lipinski definition) is 5. The number of nitrogens with zero attached hydrogens (tertiary/aromatic N) is 1. The molecule has 46 heavy (non-hydrogen) atoms. The maximum absolute atomic E-state index is 13.9. The number of fused-ring (bicyclic) bond motifs is 2. The molecule has 0 unspecified atom stereocenters. The zero-order valence-electron chi connectivity index (χ0n) is 26.3. The van der Waals surface area contributed by atoms with Gasteiger partial charge in [-0.2, -0.15) is 0 Å². The van der Waals surface area contributed by atoms with Crippen LogP contribution in [0.15, 0.2) is 102 Å². The average molecular weight is 636 g/mol. The molecular weight excluding hydrogens is 598 g/mol. The van der Waals surface area contributed by atoms with Crippen LogP contribution < -0.4 is 10.0 Å². The maximum Gasteiger partial charge on any atom is 0.410 e. The Balaban J connectivity index is 1.49. The van der Waals surface area contributed by atoms with Gasteiger partial charge in [-0.15, -0.1) is 0 Å². The van der Waals surface area contributed by atoms with E-state index in [0.29, 0.717) is 41.9 Å². The highest BCUT2D eigenvalue weighted by Gasteiger charge is 2.37. The van der Waals surface area contributed by atoms with Crippen LogP contribution in [0.2, 0.25) is 0 Å². The summed E-state index contributed by atoms with van der Waals surface area (Å²) in [5, 5.41) is 6.60. The summed E-state index contributed by atoms with van der Waals surface area (Å²) < 4.78 is 35.8. The lowest BCUT2D eigenvalue weighted by Crippen LogP contribution is -2.45. The molecule has 2 N–H and O–H groups in total. The molecular formula is C37H37N3O5S. The van der Waals surface area contributed by atoms with Crippen molar-refractivity contribution in [2.75, 3.05) is 16.6 Å². The van der Waals surface area contributed by atoms with Crippen molar-refractivity contribution in [1.29, 1.82) is 0 Å². The van der Waals surface area contributed by atoms with Gasteiger partial charge in [0.15, 0.2) is 0 Å². The van der Waals surface area contributed by atoms with Gasteiger partial charge >= 0.3 is 6.09 Å². The molecule has 1 fully saturated rings. The first-order valence-electron chi connectivity index (χ1n) is 15.4. The molecule has 6 rings (SSSR count). The van der Waals surface area contributed by atoms with Crippen LogP contribution in [0, 0.1) is 6.92 Å². The summed E-state index contributed by atoms with van der Waals surface area (Å²) in [4.78, 5) is 28.6. The molecule has 1 saturated heterocycles. The Bertz CT molecular complexity index is 2070. The SMILES string of the molecule is Cc1ccc(S(=O)(=O)Nc2ccc3ccccc3c2-c2c(NC(=O)[C@@H]3CCCN3C(=O)OC(C)(C)C)ccc3ccccc23)cc1. The number of ether oxygens (including phenoxy) is 1. The summed E-state index contributed by atoms with van der Waals surface area (Å²) in [6.07, 6.45) is 0.658. The number of aryl methyl sites for hydroxylation is 1. The molecule has 0 spiro atoms. The van der Waals surface area contributed by atoms with E-state index in [1.807, 2.05) is 73.7 Å². The van der Waals surface area contributed by atoms with Crippen LogP contribution in [0.25, 0.3) is 32.7 Å². The van der Waals surface area contributed by atoms with E-state index in [0.717, 1.165) is 27.1 Å². The highest BCUT2D eigenvalue weighted by Crippen LogP contribution is 2.44. The Morgan fingerprint density at radius 3 is 1.96 bits per heavy atom. The van der Waals surface area contributed by atoms with Crippen molar-refractivity contribution in [3.63, 3.8) is 0 Å². The minimum atomic E-state index is -3.96. The van der Waals surface area contributed by atoms with Gasteiger partial charge in [-0.3, -0.25) is 14.4 Å². The smallest absolute Gasteiger partial charge is 0.410 e. The van der Waals surface area contributed by atoms with Gasteiger partial charge in [-0.05, 0) is 86.3 Å². The first kappa shape index (κ1) is 31.1. The molecule has 5 aromatic carbocycles. The van der Waals surface area contributed by atoms with Crippen LogP contribution in [-0.4, -0.2) is 43.5 Å². The molecule has 1 atom stereocenters. The zero-order valence-corrected chi connectivity index (χ0v) is 27.1. The molecule has 1 aliphatic heterocycles. The quantitative estimate of drug-likeness (QED) is 0.196. The number of anilines is 2. The molecule has 0 radical (unpaired) electrons. The number of carbonyl (C=O) groups is 2. The molecule has 0 aliphatic carbocycles. The Hall–Kier alpha value is -4.89. The fraction of sp³-hybridized carbons (Fsp3) is 0.243. The molecule has 9 heteroatoms. The predicted octanol–water partition coefficient (Wildman–Crippen LogP) is 8.11. The number of likely N-dealkylation sites (tertiary alicyclic amines) is 1. The van der Waals surface area contributed by atoms with Crippen molar-refractivity contribution >= 4 is 54.9 Å². The largest absolute Gasteiger partial charge is 0.444 e. The van der Waals surface area contributed by atoms with Crippen LogP contribution in [0.5, 0.6) is 0 Å².